The second-order valence-electron chi connectivity index (χ2n) is 4.94. The number of carboxylic acid groups (broad SMARTS) is 1. The molecule has 0 aromatic heterocycles. The first-order valence-electron chi connectivity index (χ1n) is 5.64. The molecule has 19 heavy (non-hydrogen) atoms. The monoisotopic (exact) mass is 268 g/mol. The van der Waals surface area contributed by atoms with Crippen molar-refractivity contribution in [2.24, 2.45) is 5.41 Å². The zero-order valence-corrected chi connectivity index (χ0v) is 10.7. The van der Waals surface area contributed by atoms with E-state index in [-0.39, 0.29) is 24.4 Å². The summed E-state index contributed by atoms with van der Waals surface area (Å²) in [5.41, 5.74) is -1.17. The molecule has 0 aliphatic heterocycles. The third-order valence-electron chi connectivity index (χ3n) is 2.63. The van der Waals surface area contributed by atoms with Crippen LogP contribution < -0.4 is 5.32 Å². The third kappa shape index (κ3) is 3.65. The predicted molar refractivity (Wildman–Crippen MR) is 69.4 cm³/mol. The van der Waals surface area contributed by atoms with Crippen molar-refractivity contribution >= 4 is 17.3 Å². The molecule has 0 amide bonds. The maximum absolute atomic E-state index is 11.0. The molecule has 0 heterocycles. The van der Waals surface area contributed by atoms with Gasteiger partial charge in [0.25, 0.3) is 0 Å². The maximum Gasteiger partial charge on any atom is 0.342 e. The number of carbonyl (C=O) groups is 1. The van der Waals surface area contributed by atoms with Crippen molar-refractivity contribution in [1.29, 1.82) is 0 Å². The first-order valence-corrected chi connectivity index (χ1v) is 5.64. The molecule has 0 aliphatic carbocycles. The van der Waals surface area contributed by atoms with Gasteiger partial charge in [-0.05, 0) is 12.1 Å². The molecule has 7 heteroatoms. The van der Waals surface area contributed by atoms with Crippen molar-refractivity contribution in [2.75, 3.05) is 18.5 Å². The molecule has 1 aromatic carbocycles. The van der Waals surface area contributed by atoms with E-state index in [4.69, 9.17) is 10.2 Å². The number of hydrogen-bond acceptors (Lipinski definition) is 5. The normalized spacial score (nSPS) is 11.1. The highest BCUT2D eigenvalue weighted by Gasteiger charge is 2.25. The number of aliphatic hydroxyl groups excluding tert-OH is 1. The number of nitro benzene ring substituents is 1. The van der Waals surface area contributed by atoms with Gasteiger partial charge in [-0.15, -0.1) is 0 Å². The van der Waals surface area contributed by atoms with Crippen molar-refractivity contribution < 1.29 is 19.9 Å². The summed E-state index contributed by atoms with van der Waals surface area (Å²) in [6, 6.07) is 4.06. The van der Waals surface area contributed by atoms with Crippen molar-refractivity contribution in [1.82, 2.24) is 0 Å². The van der Waals surface area contributed by atoms with Gasteiger partial charge in [-0.25, -0.2) is 4.79 Å². The van der Waals surface area contributed by atoms with Crippen LogP contribution in [0.2, 0.25) is 0 Å². The molecule has 0 saturated carbocycles. The van der Waals surface area contributed by atoms with E-state index < -0.39 is 22.0 Å². The molecule has 0 atom stereocenters. The Bertz CT molecular complexity index is 499. The lowest BCUT2D eigenvalue weighted by molar-refractivity contribution is -0.384. The smallest absolute Gasteiger partial charge is 0.342 e. The van der Waals surface area contributed by atoms with Crippen molar-refractivity contribution in [3.8, 4) is 0 Å². The van der Waals surface area contributed by atoms with Gasteiger partial charge in [0.15, 0.2) is 0 Å². The Kier molecular flexibility index (Phi) is 4.44. The summed E-state index contributed by atoms with van der Waals surface area (Å²) >= 11 is 0. The number of aliphatic hydroxyl groups is 1. The number of carboxylic acids is 1. The maximum atomic E-state index is 11.0. The van der Waals surface area contributed by atoms with Crippen LogP contribution in [0.15, 0.2) is 18.2 Å². The number of nitrogens with one attached hydrogen (secondary N) is 1. The summed E-state index contributed by atoms with van der Waals surface area (Å²) in [5, 5.41) is 31.9. The van der Waals surface area contributed by atoms with Crippen LogP contribution in [-0.4, -0.2) is 34.3 Å². The van der Waals surface area contributed by atoms with Crippen LogP contribution in [0.3, 0.4) is 0 Å². The lowest BCUT2D eigenvalue weighted by Crippen LogP contribution is -2.27. The number of nitro groups is 1. The minimum Gasteiger partial charge on any atom is -0.477 e. The molecule has 3 N–H and O–H groups in total. The highest BCUT2D eigenvalue weighted by molar-refractivity contribution is 5.95. The second kappa shape index (κ2) is 5.66. The van der Waals surface area contributed by atoms with Crippen LogP contribution in [0.4, 0.5) is 11.4 Å². The molecule has 7 nitrogen and oxygen atoms in total. The summed E-state index contributed by atoms with van der Waals surface area (Å²) < 4.78 is 0. The second-order valence-corrected chi connectivity index (χ2v) is 4.94. The van der Waals surface area contributed by atoms with E-state index in [1.807, 2.05) is 0 Å². The molecule has 0 bridgehead atoms. The Morgan fingerprint density at radius 2 is 2.11 bits per heavy atom. The van der Waals surface area contributed by atoms with Gasteiger partial charge in [0, 0.05) is 18.6 Å². The number of hydrogen-bond donors (Lipinski definition) is 3. The van der Waals surface area contributed by atoms with E-state index >= 15 is 0 Å². The number of benzene rings is 1. The SMILES string of the molecule is CC(C)(CO)CNc1cccc(C(=O)O)c1[N+](=O)[O-]. The number of para-hydroxylation sites is 1. The summed E-state index contributed by atoms with van der Waals surface area (Å²) in [6.45, 7) is 3.76. The van der Waals surface area contributed by atoms with Crippen LogP contribution in [0, 0.1) is 15.5 Å². The topological polar surface area (TPSA) is 113 Å². The first-order chi connectivity index (χ1) is 8.78. The van der Waals surface area contributed by atoms with Gasteiger partial charge in [0.2, 0.25) is 0 Å². The van der Waals surface area contributed by atoms with Crippen LogP contribution in [-0.2, 0) is 0 Å². The molecule has 0 spiro atoms. The largest absolute Gasteiger partial charge is 0.477 e. The van der Waals surface area contributed by atoms with Gasteiger partial charge in [0.1, 0.15) is 11.3 Å². The van der Waals surface area contributed by atoms with Gasteiger partial charge in [-0.2, -0.15) is 0 Å². The molecule has 0 saturated heterocycles. The predicted octanol–water partition coefficient (Wildman–Crippen LogP) is 1.72. The number of aromatic carboxylic acids is 1. The van der Waals surface area contributed by atoms with Crippen molar-refractivity contribution in [2.45, 2.75) is 13.8 Å². The third-order valence-corrected chi connectivity index (χ3v) is 2.63. The quantitative estimate of drug-likeness (QED) is 0.535. The highest BCUT2D eigenvalue weighted by Crippen LogP contribution is 2.29. The zero-order chi connectivity index (χ0) is 14.6. The number of anilines is 1. The number of rotatable bonds is 6. The van der Waals surface area contributed by atoms with Gasteiger partial charge in [-0.1, -0.05) is 19.9 Å². The summed E-state index contributed by atoms with van der Waals surface area (Å²) in [4.78, 5) is 21.2. The summed E-state index contributed by atoms with van der Waals surface area (Å²) in [7, 11) is 0. The fourth-order valence-corrected chi connectivity index (χ4v) is 1.45. The molecule has 1 aromatic rings. The van der Waals surface area contributed by atoms with E-state index in [1.165, 1.54) is 18.2 Å². The zero-order valence-electron chi connectivity index (χ0n) is 10.7. The van der Waals surface area contributed by atoms with Crippen molar-refractivity contribution in [3.05, 3.63) is 33.9 Å². The number of nitrogens with zero attached hydrogens (tertiary/aromatic N) is 1. The van der Waals surface area contributed by atoms with E-state index in [9.17, 15) is 14.9 Å². The summed E-state index contributed by atoms with van der Waals surface area (Å²) in [6.07, 6.45) is 0. The van der Waals surface area contributed by atoms with E-state index in [2.05, 4.69) is 5.32 Å². The van der Waals surface area contributed by atoms with Crippen LogP contribution in [0.1, 0.15) is 24.2 Å². The average molecular weight is 268 g/mol. The molecule has 0 radical (unpaired) electrons. The lowest BCUT2D eigenvalue weighted by atomic mass is 9.95. The van der Waals surface area contributed by atoms with E-state index in [0.29, 0.717) is 0 Å². The Labute approximate surface area is 110 Å². The average Bonchev–Trinajstić information content (AvgIpc) is 2.35. The minimum absolute atomic E-state index is 0.0909. The van der Waals surface area contributed by atoms with E-state index in [1.54, 1.807) is 13.8 Å². The van der Waals surface area contributed by atoms with Crippen molar-refractivity contribution in [3.63, 3.8) is 0 Å². The highest BCUT2D eigenvalue weighted by atomic mass is 16.6. The van der Waals surface area contributed by atoms with Gasteiger partial charge in [0.05, 0.1) is 4.92 Å². The summed E-state index contributed by atoms with van der Waals surface area (Å²) in [5.74, 6) is -1.35. The molecular weight excluding hydrogens is 252 g/mol. The van der Waals surface area contributed by atoms with Crippen LogP contribution in [0.5, 0.6) is 0 Å². The molecular formula is C12H16N2O5. The molecule has 104 valence electrons. The Morgan fingerprint density at radius 1 is 1.47 bits per heavy atom. The first kappa shape index (κ1) is 14.9. The molecule has 0 fully saturated rings. The molecule has 0 unspecified atom stereocenters. The van der Waals surface area contributed by atoms with Crippen LogP contribution >= 0.6 is 0 Å². The fourth-order valence-electron chi connectivity index (χ4n) is 1.45. The van der Waals surface area contributed by atoms with Gasteiger partial charge >= 0.3 is 11.7 Å². The van der Waals surface area contributed by atoms with Gasteiger partial charge in [-0.3, -0.25) is 10.1 Å². The Morgan fingerprint density at radius 3 is 2.58 bits per heavy atom. The Hall–Kier alpha value is -2.15. The molecule has 1 rings (SSSR count). The lowest BCUT2D eigenvalue weighted by Gasteiger charge is -2.22. The fraction of sp³-hybridized carbons (Fsp3) is 0.417. The van der Waals surface area contributed by atoms with Gasteiger partial charge < -0.3 is 15.5 Å². The standard InChI is InChI=1S/C12H16N2O5/c1-12(2,7-15)6-13-9-5-3-4-8(11(16)17)10(9)14(18)19/h3-5,13,15H,6-7H2,1-2H3,(H,16,17). The molecule has 0 aliphatic rings. The Balaban J connectivity index is 3.11. The minimum atomic E-state index is -1.35. The van der Waals surface area contributed by atoms with E-state index in [0.717, 1.165) is 0 Å². The van der Waals surface area contributed by atoms with Crippen LogP contribution in [0.25, 0.3) is 0 Å².